The molecule has 0 aromatic carbocycles. The highest BCUT2D eigenvalue weighted by molar-refractivity contribution is 5.89. The third kappa shape index (κ3) is 15.0. The number of rotatable bonds is 22. The summed E-state index contributed by atoms with van der Waals surface area (Å²) in [4.78, 5) is 88.1. The van der Waals surface area contributed by atoms with Crippen LogP contribution < -0.4 is 0 Å². The lowest BCUT2D eigenvalue weighted by Gasteiger charge is -2.55. The van der Waals surface area contributed by atoms with E-state index >= 15 is 0 Å². The Kier molecular flexibility index (Phi) is 27.0. The predicted molar refractivity (Wildman–Crippen MR) is 351 cm³/mol. The molecule has 23 atom stereocenters. The molecule has 0 aliphatic heterocycles. The van der Waals surface area contributed by atoms with Crippen molar-refractivity contribution in [3.63, 3.8) is 0 Å². The van der Waals surface area contributed by atoms with Crippen LogP contribution in [0.15, 0.2) is 0 Å². The summed E-state index contributed by atoms with van der Waals surface area (Å²) in [6, 6.07) is 0. The standard InChI is InChI=1S/C26H38O6.C22H34O5.C21H32O5.6CH4/c1-4-25(2,3)24(29)32-21-10-15-8-19(21)20(9-15)23(28)31-14-30-13-26-11-16-5-17(12-26)7-18(6-16)22(26)27;1-5-22(3,4)21(24)27-17-10-13-9-16(17)19-14-7-12(18(13)19)8-15(14)20(23)26-11-25-6-2;1-4-11(3)20(22)26-17-9-13-8-16(17)19-14-6-12(18(13)19)7-15(14)21(23)25-10-24-5-2;;;;;;/h15-21H,4-14H2,1-3H3;12-19H,5-11H2,1-4H3;11-19H,4-10H2,1-3H3;6*1H4. The summed E-state index contributed by atoms with van der Waals surface area (Å²) in [5.41, 5.74) is -1.25. The fraction of sp³-hybridized carbons (Fsp3) is 0.907. The SMILES string of the molecule is C.C.C.C.C.C.CCC(C)(C)C(=O)OC1CC2CC(C(=O)OCOCC34CC5CC(CC(C5)C3=O)C4)C1C2.CCOCOC(=O)C1CC2CC1C1C3CC(CC3OC(=O)C(C)(C)CC)C21.CCOCOC(=O)C1CC2CC1C1C3CC(CC3OC(=O)C(C)CC)C21. The molecule has 0 amide bonds. The first-order valence-electron chi connectivity index (χ1n) is 34.0. The van der Waals surface area contributed by atoms with Crippen molar-refractivity contribution >= 4 is 41.6 Å². The lowest BCUT2D eigenvalue weighted by Crippen LogP contribution is -2.55. The van der Waals surface area contributed by atoms with Crippen molar-refractivity contribution < 1.29 is 76.2 Å². The van der Waals surface area contributed by atoms with E-state index in [1.165, 1.54) is 19.3 Å². The highest BCUT2D eigenvalue weighted by Gasteiger charge is 2.68. The Hall–Kier alpha value is -3.63. The van der Waals surface area contributed by atoms with E-state index in [1.54, 1.807) is 0 Å². The fourth-order valence-corrected chi connectivity index (χ4v) is 21.1. The third-order valence-corrected chi connectivity index (χ3v) is 25.6. The van der Waals surface area contributed by atoms with E-state index in [9.17, 15) is 33.6 Å². The summed E-state index contributed by atoms with van der Waals surface area (Å²) in [5, 5.41) is 0. The van der Waals surface area contributed by atoms with Gasteiger partial charge in [0.2, 0.25) is 0 Å². The maximum atomic E-state index is 12.9. The van der Waals surface area contributed by atoms with E-state index in [0.717, 1.165) is 115 Å². The highest BCUT2D eigenvalue weighted by atomic mass is 16.7. The van der Waals surface area contributed by atoms with E-state index in [-0.39, 0.29) is 160 Å². The zero-order chi connectivity index (χ0) is 60.4. The average Bonchev–Trinajstić information content (AvgIpc) is 1.48. The monoisotopic (exact) mass is 1280 g/mol. The average molecular weight is 1290 g/mol. The zero-order valence-electron chi connectivity index (χ0n) is 53.1. The molecule has 0 saturated heterocycles. The lowest BCUT2D eigenvalue weighted by atomic mass is 9.49. The van der Waals surface area contributed by atoms with Gasteiger partial charge in [-0.15, -0.1) is 0 Å². The van der Waals surface area contributed by atoms with Crippen LogP contribution in [0.5, 0.6) is 0 Å². The topological polar surface area (TPSA) is 203 Å². The van der Waals surface area contributed by atoms with Crippen molar-refractivity contribution in [3.05, 3.63) is 0 Å². The number of fused-ring (bicyclic) bond motifs is 20. The van der Waals surface area contributed by atoms with Gasteiger partial charge in [0.15, 0.2) is 20.4 Å². The van der Waals surface area contributed by atoms with Crippen molar-refractivity contribution in [3.8, 4) is 0 Å². The van der Waals surface area contributed by atoms with Crippen molar-refractivity contribution in [2.24, 2.45) is 141 Å². The second-order valence-corrected chi connectivity index (χ2v) is 30.9. The van der Waals surface area contributed by atoms with Crippen molar-refractivity contribution in [2.75, 3.05) is 40.2 Å². The summed E-state index contributed by atoms with van der Waals surface area (Å²) < 4.78 is 50.1. The molecule has 0 N–H and O–H groups in total. The van der Waals surface area contributed by atoms with Gasteiger partial charge < -0.3 is 42.6 Å². The van der Waals surface area contributed by atoms with Crippen LogP contribution in [0.2, 0.25) is 0 Å². The predicted octanol–water partition coefficient (Wildman–Crippen LogP) is 15.3. The molecule has 91 heavy (non-hydrogen) atoms. The molecule has 0 aromatic rings. The van der Waals surface area contributed by atoms with Crippen molar-refractivity contribution in [1.29, 1.82) is 0 Å². The summed E-state index contributed by atoms with van der Waals surface area (Å²) in [5.74, 6) is 8.52. The Balaban J connectivity index is 0.000000241. The van der Waals surface area contributed by atoms with Crippen LogP contribution in [0.1, 0.15) is 236 Å². The molecule has 0 radical (unpaired) electrons. The third-order valence-electron chi connectivity index (χ3n) is 25.6. The Labute approximate surface area is 550 Å². The van der Waals surface area contributed by atoms with Gasteiger partial charge in [-0.05, 0) is 252 Å². The Bertz CT molecular complexity index is 2460. The number of hydrogen-bond acceptors (Lipinski definition) is 16. The van der Waals surface area contributed by atoms with Crippen molar-refractivity contribution in [1.82, 2.24) is 0 Å². The molecule has 14 bridgehead atoms. The summed E-state index contributed by atoms with van der Waals surface area (Å²) >= 11 is 0. The van der Waals surface area contributed by atoms with Crippen LogP contribution in [0.4, 0.5) is 0 Å². The first kappa shape index (κ1) is 78.1. The van der Waals surface area contributed by atoms with Crippen LogP contribution in [0, 0.1) is 141 Å². The zero-order valence-corrected chi connectivity index (χ0v) is 53.1. The second-order valence-electron chi connectivity index (χ2n) is 30.9. The van der Waals surface area contributed by atoms with E-state index in [1.807, 2.05) is 69.2 Å². The molecular weight excluding hydrogens is 1160 g/mol. The van der Waals surface area contributed by atoms with E-state index in [2.05, 4.69) is 0 Å². The second kappa shape index (κ2) is 31.5. The van der Waals surface area contributed by atoms with Crippen LogP contribution in [0.3, 0.4) is 0 Å². The molecule has 524 valence electrons. The molecule has 14 rings (SSSR count). The molecular formula is C75H128O16. The van der Waals surface area contributed by atoms with Gasteiger partial charge in [0.25, 0.3) is 0 Å². The molecule has 16 nitrogen and oxygen atoms in total. The molecule has 16 heteroatoms. The van der Waals surface area contributed by atoms with E-state index in [4.69, 9.17) is 42.6 Å². The molecule has 0 aromatic heterocycles. The van der Waals surface area contributed by atoms with Crippen LogP contribution in [-0.4, -0.2) is 100 Å². The Morgan fingerprint density at radius 3 is 1.29 bits per heavy atom. The maximum absolute atomic E-state index is 12.9. The Morgan fingerprint density at radius 2 is 0.857 bits per heavy atom. The van der Waals surface area contributed by atoms with E-state index in [0.29, 0.717) is 103 Å². The quantitative estimate of drug-likeness (QED) is 0.0325. The minimum atomic E-state index is -0.500. The van der Waals surface area contributed by atoms with Gasteiger partial charge in [0, 0.05) is 25.0 Å². The van der Waals surface area contributed by atoms with Crippen LogP contribution in [-0.2, 0) is 76.2 Å². The number of hydrogen-bond donors (Lipinski definition) is 0. The number of Topliss-reactive ketones (excluding diaryl/α,β-unsaturated/α-hetero) is 1. The van der Waals surface area contributed by atoms with Gasteiger partial charge in [-0.3, -0.25) is 33.6 Å². The first-order valence-corrected chi connectivity index (χ1v) is 34.0. The van der Waals surface area contributed by atoms with Gasteiger partial charge in [0.05, 0.1) is 46.5 Å². The summed E-state index contributed by atoms with van der Waals surface area (Å²) in [6.45, 7) is 21.1. The molecule has 14 aliphatic carbocycles. The lowest BCUT2D eigenvalue weighted by molar-refractivity contribution is -0.180. The number of carbonyl (C=O) groups is 7. The number of carbonyl (C=O) groups excluding carboxylic acids is 7. The van der Waals surface area contributed by atoms with Crippen molar-refractivity contribution in [2.45, 2.75) is 254 Å². The molecule has 14 aliphatic rings. The van der Waals surface area contributed by atoms with Gasteiger partial charge in [0.1, 0.15) is 24.1 Å². The molecule has 0 heterocycles. The van der Waals surface area contributed by atoms with Gasteiger partial charge >= 0.3 is 35.8 Å². The van der Waals surface area contributed by atoms with Crippen LogP contribution >= 0.6 is 0 Å². The minimum Gasteiger partial charge on any atom is -0.462 e. The Morgan fingerprint density at radius 1 is 0.451 bits per heavy atom. The summed E-state index contributed by atoms with van der Waals surface area (Å²) in [7, 11) is 0. The molecule has 0 spiro atoms. The number of ether oxygens (including phenoxy) is 9. The van der Waals surface area contributed by atoms with Gasteiger partial charge in [-0.1, -0.05) is 72.3 Å². The maximum Gasteiger partial charge on any atom is 0.311 e. The van der Waals surface area contributed by atoms with Gasteiger partial charge in [-0.2, -0.15) is 0 Å². The number of esters is 6. The minimum absolute atomic E-state index is 0. The number of ketones is 1. The fourth-order valence-electron chi connectivity index (χ4n) is 21.1. The van der Waals surface area contributed by atoms with E-state index < -0.39 is 10.8 Å². The first-order chi connectivity index (χ1) is 40.6. The normalized spacial score (nSPS) is 39.5. The van der Waals surface area contributed by atoms with Gasteiger partial charge in [-0.25, -0.2) is 0 Å². The molecule has 23 unspecified atom stereocenters. The largest absolute Gasteiger partial charge is 0.462 e. The van der Waals surface area contributed by atoms with Crippen LogP contribution in [0.25, 0.3) is 0 Å². The summed E-state index contributed by atoms with van der Waals surface area (Å²) in [6.07, 6.45) is 18.8. The molecule has 14 fully saturated rings. The highest BCUT2D eigenvalue weighted by Crippen LogP contribution is 2.71. The smallest absolute Gasteiger partial charge is 0.311 e. The molecule has 14 saturated carbocycles.